The summed E-state index contributed by atoms with van der Waals surface area (Å²) >= 11 is 0. The lowest BCUT2D eigenvalue weighted by Gasteiger charge is -2.26. The number of hydrogen-bond donors (Lipinski definition) is 1. The Morgan fingerprint density at radius 1 is 1.03 bits per heavy atom. The fraction of sp³-hybridized carbons (Fsp3) is 0.0455. The molecule has 1 saturated heterocycles. The summed E-state index contributed by atoms with van der Waals surface area (Å²) in [5.41, 5.74) is 1.03. The van der Waals surface area contributed by atoms with Crippen LogP contribution in [0.5, 0.6) is 5.75 Å². The molecule has 4 rings (SSSR count). The molecule has 1 aliphatic heterocycles. The summed E-state index contributed by atoms with van der Waals surface area (Å²) in [7, 11) is 1.49. The van der Waals surface area contributed by atoms with E-state index in [1.54, 1.807) is 47.3 Å². The quantitative estimate of drug-likeness (QED) is 0.286. The van der Waals surface area contributed by atoms with E-state index in [0.29, 0.717) is 17.0 Å². The maximum Gasteiger partial charge on any atom is 0.335 e. The molecule has 10 nitrogen and oxygen atoms in total. The van der Waals surface area contributed by atoms with Crippen LogP contribution in [0.15, 0.2) is 72.6 Å². The first-order valence-electron chi connectivity index (χ1n) is 9.36. The van der Waals surface area contributed by atoms with Crippen molar-refractivity contribution in [3.05, 3.63) is 88.2 Å². The average Bonchev–Trinajstić information content (AvgIpc) is 3.26. The van der Waals surface area contributed by atoms with Crippen LogP contribution in [0.25, 0.3) is 11.8 Å². The van der Waals surface area contributed by atoms with Gasteiger partial charge in [-0.05, 0) is 48.0 Å². The van der Waals surface area contributed by atoms with Crippen LogP contribution in [0.2, 0.25) is 0 Å². The van der Waals surface area contributed by atoms with Crippen molar-refractivity contribution in [3.63, 3.8) is 0 Å². The third kappa shape index (κ3) is 3.84. The van der Waals surface area contributed by atoms with Crippen LogP contribution in [0.3, 0.4) is 0 Å². The molecule has 1 aromatic heterocycles. The molecule has 2 aromatic carbocycles. The molecular weight excluding hydrogens is 416 g/mol. The minimum Gasteiger partial charge on any atom is -0.497 e. The molecule has 3 aromatic rings. The topological polar surface area (TPSA) is 124 Å². The second kappa shape index (κ2) is 8.19. The van der Waals surface area contributed by atoms with Crippen LogP contribution in [-0.2, 0) is 9.59 Å². The Morgan fingerprint density at radius 3 is 2.47 bits per heavy atom. The molecule has 1 N–H and O–H groups in total. The smallest absolute Gasteiger partial charge is 0.335 e. The monoisotopic (exact) mass is 432 g/mol. The van der Waals surface area contributed by atoms with Crippen LogP contribution < -0.4 is 15.0 Å². The first-order valence-corrected chi connectivity index (χ1v) is 9.36. The van der Waals surface area contributed by atoms with Crippen LogP contribution in [0.4, 0.5) is 16.2 Å². The van der Waals surface area contributed by atoms with Crippen molar-refractivity contribution in [3.8, 4) is 11.4 Å². The number of urea groups is 1. The molecule has 0 atom stereocenters. The lowest BCUT2D eigenvalue weighted by atomic mass is 10.1. The molecule has 0 saturated carbocycles. The summed E-state index contributed by atoms with van der Waals surface area (Å²) in [6.45, 7) is 0. The highest BCUT2D eigenvalue weighted by Crippen LogP contribution is 2.25. The number of ether oxygens (including phenoxy) is 1. The third-order valence-corrected chi connectivity index (χ3v) is 4.80. The van der Waals surface area contributed by atoms with Gasteiger partial charge in [0.2, 0.25) is 0 Å². The number of amides is 4. The predicted molar refractivity (Wildman–Crippen MR) is 114 cm³/mol. The Bertz CT molecular complexity index is 1280. The van der Waals surface area contributed by atoms with Crippen molar-refractivity contribution in [2.45, 2.75) is 0 Å². The zero-order valence-electron chi connectivity index (χ0n) is 16.7. The fourth-order valence-corrected chi connectivity index (χ4v) is 3.22. The fourth-order valence-electron chi connectivity index (χ4n) is 3.22. The SMILES string of the molecule is COc1ccc(N2C(=O)NC(=O)C(=Cc3ccn(-c4cccc([N+](=O)[O-])c4)c3)C2=O)cc1. The third-order valence-electron chi connectivity index (χ3n) is 4.80. The van der Waals surface area contributed by atoms with E-state index in [-0.39, 0.29) is 16.9 Å². The zero-order chi connectivity index (χ0) is 22.8. The molecule has 0 radical (unpaired) electrons. The van der Waals surface area contributed by atoms with Crippen molar-refractivity contribution in [1.29, 1.82) is 0 Å². The van der Waals surface area contributed by atoms with Gasteiger partial charge in [0, 0.05) is 24.5 Å². The van der Waals surface area contributed by atoms with Gasteiger partial charge in [0.25, 0.3) is 17.5 Å². The van der Waals surface area contributed by atoms with Crippen LogP contribution in [-0.4, -0.2) is 34.4 Å². The number of non-ortho nitro benzene ring substituents is 1. The van der Waals surface area contributed by atoms with Crippen LogP contribution >= 0.6 is 0 Å². The van der Waals surface area contributed by atoms with Crippen molar-refractivity contribution < 1.29 is 24.0 Å². The van der Waals surface area contributed by atoms with E-state index in [9.17, 15) is 24.5 Å². The number of nitrogens with one attached hydrogen (secondary N) is 1. The number of hydrogen-bond acceptors (Lipinski definition) is 6. The highest BCUT2D eigenvalue weighted by atomic mass is 16.6. The second-order valence-corrected chi connectivity index (χ2v) is 6.78. The first-order chi connectivity index (χ1) is 15.4. The summed E-state index contributed by atoms with van der Waals surface area (Å²) in [6, 6.07) is 13.1. The summed E-state index contributed by atoms with van der Waals surface area (Å²) < 4.78 is 6.70. The van der Waals surface area contributed by atoms with Crippen molar-refractivity contribution in [2.75, 3.05) is 12.0 Å². The number of nitro benzene ring substituents is 1. The second-order valence-electron chi connectivity index (χ2n) is 6.78. The van der Waals surface area contributed by atoms with E-state index in [1.165, 1.54) is 37.5 Å². The molecule has 10 heteroatoms. The molecule has 32 heavy (non-hydrogen) atoms. The summed E-state index contributed by atoms with van der Waals surface area (Å²) in [6.07, 6.45) is 4.61. The standard InChI is InChI=1S/C22H16N4O6/c1-32-18-7-5-15(6-8-18)25-21(28)19(20(27)23-22(25)29)11-14-9-10-24(13-14)16-3-2-4-17(12-16)26(30)31/h2-13H,1H3,(H,23,27,29). The predicted octanol–water partition coefficient (Wildman–Crippen LogP) is 3.06. The van der Waals surface area contributed by atoms with Gasteiger partial charge in [-0.15, -0.1) is 0 Å². The van der Waals surface area contributed by atoms with Gasteiger partial charge in [-0.25, -0.2) is 9.69 Å². The molecule has 0 unspecified atom stereocenters. The van der Waals surface area contributed by atoms with Crippen LogP contribution in [0, 0.1) is 10.1 Å². The van der Waals surface area contributed by atoms with Crippen molar-refractivity contribution >= 4 is 35.3 Å². The minimum absolute atomic E-state index is 0.0633. The lowest BCUT2D eigenvalue weighted by Crippen LogP contribution is -2.54. The number of carbonyl (C=O) groups excluding carboxylic acids is 3. The number of carbonyl (C=O) groups is 3. The number of imide groups is 2. The minimum atomic E-state index is -0.850. The van der Waals surface area contributed by atoms with E-state index in [0.717, 1.165) is 4.90 Å². The molecule has 160 valence electrons. The number of nitro groups is 1. The molecule has 2 heterocycles. The maximum absolute atomic E-state index is 13.0. The van der Waals surface area contributed by atoms with E-state index in [2.05, 4.69) is 5.32 Å². The molecular formula is C22H16N4O6. The Hall–Kier alpha value is -4.73. The molecule has 0 aliphatic carbocycles. The Morgan fingerprint density at radius 2 is 1.78 bits per heavy atom. The van der Waals surface area contributed by atoms with Gasteiger partial charge in [-0.2, -0.15) is 0 Å². The first kappa shape index (κ1) is 20.5. The number of benzene rings is 2. The van der Waals surface area contributed by atoms with Crippen molar-refractivity contribution in [1.82, 2.24) is 9.88 Å². The van der Waals surface area contributed by atoms with Crippen LogP contribution in [0.1, 0.15) is 5.56 Å². The van der Waals surface area contributed by atoms with Gasteiger partial charge in [0.15, 0.2) is 0 Å². The molecule has 0 bridgehead atoms. The van der Waals surface area contributed by atoms with Gasteiger partial charge in [-0.1, -0.05) is 6.07 Å². The number of nitrogens with zero attached hydrogens (tertiary/aromatic N) is 3. The highest BCUT2D eigenvalue weighted by Gasteiger charge is 2.36. The Labute approximate surface area is 181 Å². The lowest BCUT2D eigenvalue weighted by molar-refractivity contribution is -0.384. The summed E-state index contributed by atoms with van der Waals surface area (Å²) in [5.74, 6) is -1.03. The number of barbiturate groups is 1. The van der Waals surface area contributed by atoms with E-state index >= 15 is 0 Å². The Balaban J connectivity index is 1.65. The largest absolute Gasteiger partial charge is 0.497 e. The number of aromatic nitrogens is 1. The molecule has 1 aliphatic rings. The molecule has 4 amide bonds. The van der Waals surface area contributed by atoms with Gasteiger partial charge < -0.3 is 9.30 Å². The highest BCUT2D eigenvalue weighted by molar-refractivity contribution is 6.39. The number of anilines is 1. The zero-order valence-corrected chi connectivity index (χ0v) is 16.7. The summed E-state index contributed by atoms with van der Waals surface area (Å²) in [4.78, 5) is 49.0. The Kier molecular flexibility index (Phi) is 5.25. The maximum atomic E-state index is 13.0. The molecule has 0 spiro atoms. The summed E-state index contributed by atoms with van der Waals surface area (Å²) in [5, 5.41) is 13.2. The van der Waals surface area contributed by atoms with Gasteiger partial charge >= 0.3 is 6.03 Å². The molecule has 1 fully saturated rings. The average molecular weight is 432 g/mol. The van der Waals surface area contributed by atoms with E-state index in [1.807, 2.05) is 0 Å². The van der Waals surface area contributed by atoms with Crippen molar-refractivity contribution in [2.24, 2.45) is 0 Å². The normalized spacial score (nSPS) is 15.1. The van der Waals surface area contributed by atoms with E-state index in [4.69, 9.17) is 4.74 Å². The van der Waals surface area contributed by atoms with Gasteiger partial charge in [0.1, 0.15) is 11.3 Å². The van der Waals surface area contributed by atoms with Gasteiger partial charge in [-0.3, -0.25) is 25.0 Å². The van der Waals surface area contributed by atoms with Gasteiger partial charge in [0.05, 0.1) is 23.4 Å². The number of rotatable bonds is 5. The van der Waals surface area contributed by atoms with E-state index < -0.39 is 22.8 Å². The number of methoxy groups -OCH3 is 1.